The summed E-state index contributed by atoms with van der Waals surface area (Å²) in [4.78, 5) is 31.1. The Kier molecular flexibility index (Phi) is 9.09. The fourth-order valence-electron chi connectivity index (χ4n) is 4.08. The molecule has 0 radical (unpaired) electrons. The molecule has 1 amide bonds. The van der Waals surface area contributed by atoms with Crippen molar-refractivity contribution in [3.8, 4) is 11.8 Å². The highest BCUT2D eigenvalue weighted by atomic mass is 32.2. The number of carbonyl (C=O) groups excluding carboxylic acids is 1. The van der Waals surface area contributed by atoms with Gasteiger partial charge in [0.2, 0.25) is 0 Å². The first-order valence-electron chi connectivity index (χ1n) is 12.6. The predicted octanol–water partition coefficient (Wildman–Crippen LogP) is 4.32. The summed E-state index contributed by atoms with van der Waals surface area (Å²) < 4.78 is 79.0. The number of hydrogen-bond donors (Lipinski definition) is 1. The van der Waals surface area contributed by atoms with Crippen molar-refractivity contribution >= 4 is 26.9 Å². The number of hydrogen-bond acceptors (Lipinski definition) is 7. The minimum Gasteiger partial charge on any atom is -0.606 e. The van der Waals surface area contributed by atoms with Crippen LogP contribution in [0.15, 0.2) is 92.4 Å². The van der Waals surface area contributed by atoms with Crippen molar-refractivity contribution in [3.63, 3.8) is 0 Å². The van der Waals surface area contributed by atoms with Gasteiger partial charge in [-0.25, -0.2) is 8.42 Å². The standard InChI is InChI=1S/C29H23F3N4O5S2/c1-3-43(40,41)24-12-9-21(34-17-24)16-35-27(37)25-14-26(42(39)23-10-7-19(15-33)8-11-23)18(2)36(28(25)38)22-6-4-5-20(13-22)29(30,31)32/h4-14,17H,3,16H2,1-2H3,(H,35,37). The zero-order valence-corrected chi connectivity index (χ0v) is 24.3. The molecule has 1 unspecified atom stereocenters. The van der Waals surface area contributed by atoms with E-state index >= 15 is 0 Å². The number of nitriles is 1. The minimum atomic E-state index is -4.71. The maximum absolute atomic E-state index is 13.6. The van der Waals surface area contributed by atoms with Crippen molar-refractivity contribution in [1.82, 2.24) is 14.9 Å². The maximum atomic E-state index is 13.6. The third-order valence-corrected chi connectivity index (χ3v) is 9.67. The van der Waals surface area contributed by atoms with Crippen LogP contribution in [0.5, 0.6) is 0 Å². The van der Waals surface area contributed by atoms with Crippen LogP contribution < -0.4 is 10.9 Å². The van der Waals surface area contributed by atoms with Crippen LogP contribution in [-0.4, -0.2) is 34.2 Å². The van der Waals surface area contributed by atoms with Gasteiger partial charge in [0.25, 0.3) is 11.5 Å². The number of sulfone groups is 1. The number of nitrogens with one attached hydrogen (secondary N) is 1. The van der Waals surface area contributed by atoms with Gasteiger partial charge in [-0.1, -0.05) is 13.0 Å². The number of amides is 1. The summed E-state index contributed by atoms with van der Waals surface area (Å²) in [5.41, 5.74) is -2.05. The van der Waals surface area contributed by atoms with Gasteiger partial charge in [-0.15, -0.1) is 0 Å². The molecule has 0 saturated carbocycles. The van der Waals surface area contributed by atoms with Crippen LogP contribution in [0.1, 0.15) is 39.8 Å². The third-order valence-electron chi connectivity index (χ3n) is 6.44. The number of carbonyl (C=O) groups is 1. The average molecular weight is 629 g/mol. The van der Waals surface area contributed by atoms with Gasteiger partial charge in [-0.2, -0.15) is 18.4 Å². The molecule has 4 rings (SSSR count). The van der Waals surface area contributed by atoms with E-state index < -0.39 is 49.8 Å². The Morgan fingerprint density at radius 1 is 1.12 bits per heavy atom. The smallest absolute Gasteiger partial charge is 0.416 e. The largest absolute Gasteiger partial charge is 0.606 e. The van der Waals surface area contributed by atoms with Crippen LogP contribution in [0, 0.1) is 18.3 Å². The molecule has 222 valence electrons. The summed E-state index contributed by atoms with van der Waals surface area (Å²) in [6, 6.07) is 15.5. The first kappa shape index (κ1) is 31.5. The summed E-state index contributed by atoms with van der Waals surface area (Å²) in [6.07, 6.45) is -3.57. The van der Waals surface area contributed by atoms with E-state index in [2.05, 4.69) is 10.3 Å². The van der Waals surface area contributed by atoms with Crippen molar-refractivity contribution in [2.75, 3.05) is 5.75 Å². The van der Waals surface area contributed by atoms with E-state index in [-0.39, 0.29) is 44.1 Å². The molecule has 0 aliphatic heterocycles. The Bertz CT molecular complexity index is 1880. The molecule has 0 aliphatic rings. The minimum absolute atomic E-state index is 0.00232. The van der Waals surface area contributed by atoms with Crippen molar-refractivity contribution in [1.29, 1.82) is 5.26 Å². The highest BCUT2D eigenvalue weighted by Crippen LogP contribution is 2.31. The lowest BCUT2D eigenvalue weighted by Gasteiger charge is -2.19. The quantitative estimate of drug-likeness (QED) is 0.286. The molecule has 0 aliphatic carbocycles. The van der Waals surface area contributed by atoms with Crippen LogP contribution in [0.25, 0.3) is 5.69 Å². The Hall–Kier alpha value is -4.45. The Morgan fingerprint density at radius 3 is 2.40 bits per heavy atom. The number of alkyl halides is 3. The molecule has 4 aromatic rings. The topological polar surface area (TPSA) is 145 Å². The maximum Gasteiger partial charge on any atom is 0.416 e. The molecule has 1 N–H and O–H groups in total. The second-order valence-electron chi connectivity index (χ2n) is 9.17. The number of rotatable bonds is 8. The van der Waals surface area contributed by atoms with Gasteiger partial charge in [0.1, 0.15) is 5.56 Å². The molecule has 2 aromatic heterocycles. The molecule has 2 heterocycles. The predicted molar refractivity (Wildman–Crippen MR) is 151 cm³/mol. The second kappa shape index (κ2) is 12.4. The molecule has 43 heavy (non-hydrogen) atoms. The van der Waals surface area contributed by atoms with Gasteiger partial charge < -0.3 is 9.87 Å². The second-order valence-corrected chi connectivity index (χ2v) is 12.9. The van der Waals surface area contributed by atoms with E-state index in [0.29, 0.717) is 5.56 Å². The summed E-state index contributed by atoms with van der Waals surface area (Å²) in [5.74, 6) is -1.04. The first-order valence-corrected chi connectivity index (χ1v) is 15.4. The zero-order chi connectivity index (χ0) is 31.5. The van der Waals surface area contributed by atoms with E-state index in [0.717, 1.165) is 35.0 Å². The lowest BCUT2D eigenvalue weighted by molar-refractivity contribution is -0.137. The van der Waals surface area contributed by atoms with Crippen LogP contribution in [-0.2, 0) is 33.7 Å². The van der Waals surface area contributed by atoms with Crippen molar-refractivity contribution in [2.45, 2.75) is 41.3 Å². The average Bonchev–Trinajstić information content (AvgIpc) is 2.99. The number of aromatic nitrogens is 2. The van der Waals surface area contributed by atoms with Crippen LogP contribution in [0.4, 0.5) is 13.2 Å². The van der Waals surface area contributed by atoms with Gasteiger partial charge in [-0.3, -0.25) is 19.1 Å². The van der Waals surface area contributed by atoms with E-state index in [1.165, 1.54) is 56.3 Å². The molecule has 0 bridgehead atoms. The molecule has 1 atom stereocenters. The number of pyridine rings is 2. The number of benzene rings is 2. The van der Waals surface area contributed by atoms with Gasteiger partial charge >= 0.3 is 6.18 Å². The van der Waals surface area contributed by atoms with Crippen LogP contribution in [0.2, 0.25) is 0 Å². The Labute approximate surface area is 247 Å². The highest BCUT2D eigenvalue weighted by Gasteiger charge is 2.32. The lowest BCUT2D eigenvalue weighted by Crippen LogP contribution is -2.34. The molecule has 0 saturated heterocycles. The van der Waals surface area contributed by atoms with E-state index in [4.69, 9.17) is 5.26 Å². The summed E-state index contributed by atoms with van der Waals surface area (Å²) in [5, 5.41) is 11.6. The third kappa shape index (κ3) is 6.80. The molecular weight excluding hydrogens is 605 g/mol. The van der Waals surface area contributed by atoms with Gasteiger partial charge in [0, 0.05) is 29.1 Å². The highest BCUT2D eigenvalue weighted by molar-refractivity contribution is 7.91. The molecule has 9 nitrogen and oxygen atoms in total. The van der Waals surface area contributed by atoms with Gasteiger partial charge in [0.05, 0.1) is 45.8 Å². The summed E-state index contributed by atoms with van der Waals surface area (Å²) >= 11 is -2.00. The van der Waals surface area contributed by atoms with Crippen molar-refractivity contribution in [2.24, 2.45) is 0 Å². The fraction of sp³-hybridized carbons (Fsp3) is 0.172. The Morgan fingerprint density at radius 2 is 1.81 bits per heavy atom. The molecule has 0 fully saturated rings. The normalized spacial score (nSPS) is 12.4. The number of nitrogens with zero attached hydrogens (tertiary/aromatic N) is 3. The summed E-state index contributed by atoms with van der Waals surface area (Å²) in [7, 11) is -3.49. The van der Waals surface area contributed by atoms with E-state index in [1.54, 1.807) is 0 Å². The zero-order valence-electron chi connectivity index (χ0n) is 22.7. The van der Waals surface area contributed by atoms with Crippen molar-refractivity contribution < 1.29 is 30.9 Å². The van der Waals surface area contributed by atoms with Crippen molar-refractivity contribution in [3.05, 3.63) is 111 Å². The molecule has 0 spiro atoms. The Balaban J connectivity index is 1.78. The molecule has 14 heteroatoms. The summed E-state index contributed by atoms with van der Waals surface area (Å²) in [6.45, 7) is 2.67. The SMILES string of the molecule is CCS(=O)(=O)c1ccc(CNC(=O)c2cc([S+]([O-])c3ccc(C#N)cc3)c(C)n(-c3cccc(C(F)(F)F)c3)c2=O)nc1. The van der Waals surface area contributed by atoms with Gasteiger partial charge in [0.15, 0.2) is 19.6 Å². The monoisotopic (exact) mass is 628 g/mol. The van der Waals surface area contributed by atoms with E-state index in [9.17, 15) is 35.7 Å². The van der Waals surface area contributed by atoms with Gasteiger partial charge in [-0.05, 0) is 61.5 Å². The van der Waals surface area contributed by atoms with E-state index in [1.807, 2.05) is 6.07 Å². The van der Waals surface area contributed by atoms with Crippen LogP contribution in [0.3, 0.4) is 0 Å². The molecular formula is C29H23F3N4O5S2. The fourth-order valence-corrected chi connectivity index (χ4v) is 6.12. The number of halogens is 3. The lowest BCUT2D eigenvalue weighted by atomic mass is 10.1. The van der Waals surface area contributed by atoms with Crippen LogP contribution >= 0.6 is 0 Å². The first-order chi connectivity index (χ1) is 20.3. The molecule has 2 aromatic carbocycles.